The zero-order chi connectivity index (χ0) is 15.5. The number of H-pyrrole nitrogens is 1. The zero-order valence-electron chi connectivity index (χ0n) is 12.8. The lowest BCUT2D eigenvalue weighted by molar-refractivity contribution is -0.132. The Kier molecular flexibility index (Phi) is 4.22. The molecule has 1 aromatic rings. The van der Waals surface area contributed by atoms with Crippen molar-refractivity contribution in [1.29, 1.82) is 0 Å². The molecule has 7 heteroatoms. The van der Waals surface area contributed by atoms with Crippen LogP contribution in [0.25, 0.3) is 0 Å². The molecule has 1 fully saturated rings. The molecule has 1 unspecified atom stereocenters. The Labute approximate surface area is 129 Å². The minimum absolute atomic E-state index is 0.00645. The Morgan fingerprint density at radius 1 is 1.45 bits per heavy atom. The number of hydrogen-bond acceptors (Lipinski definition) is 4. The maximum atomic E-state index is 12.7. The monoisotopic (exact) mass is 303 g/mol. The van der Waals surface area contributed by atoms with Crippen molar-refractivity contribution in [3.63, 3.8) is 0 Å². The highest BCUT2D eigenvalue weighted by Gasteiger charge is 2.30. The standard InChI is InChI=1S/C15H21N5O2/c1-2-20-14(21)6-5-13(18-20)15(22)19-9-3-4-11(10-19)12-7-8-16-17-12/h7-8,11H,2-6,9-10H2,1H3,(H,16,17). The van der Waals surface area contributed by atoms with Crippen LogP contribution in [0, 0.1) is 0 Å². The van der Waals surface area contributed by atoms with Gasteiger partial charge in [0, 0.05) is 50.3 Å². The van der Waals surface area contributed by atoms with Crippen molar-refractivity contribution >= 4 is 17.5 Å². The van der Waals surface area contributed by atoms with Gasteiger partial charge in [0.2, 0.25) is 5.91 Å². The number of carbonyl (C=O) groups excluding carboxylic acids is 2. The van der Waals surface area contributed by atoms with Crippen LogP contribution >= 0.6 is 0 Å². The maximum Gasteiger partial charge on any atom is 0.270 e. The summed E-state index contributed by atoms with van der Waals surface area (Å²) in [6, 6.07) is 1.97. The number of nitrogens with zero attached hydrogens (tertiary/aromatic N) is 4. The third-order valence-corrected chi connectivity index (χ3v) is 4.32. The molecule has 0 radical (unpaired) electrons. The lowest BCUT2D eigenvalue weighted by atomic mass is 9.94. The molecule has 22 heavy (non-hydrogen) atoms. The van der Waals surface area contributed by atoms with Crippen LogP contribution in [0.3, 0.4) is 0 Å². The first-order chi connectivity index (χ1) is 10.7. The van der Waals surface area contributed by atoms with Crippen molar-refractivity contribution < 1.29 is 9.59 Å². The van der Waals surface area contributed by atoms with E-state index in [9.17, 15) is 9.59 Å². The van der Waals surface area contributed by atoms with E-state index in [-0.39, 0.29) is 11.8 Å². The van der Waals surface area contributed by atoms with Gasteiger partial charge in [-0.2, -0.15) is 10.2 Å². The number of likely N-dealkylation sites (tertiary alicyclic amines) is 1. The highest BCUT2D eigenvalue weighted by Crippen LogP contribution is 2.26. The van der Waals surface area contributed by atoms with E-state index in [1.165, 1.54) is 5.01 Å². The lowest BCUT2D eigenvalue weighted by Gasteiger charge is -2.33. The van der Waals surface area contributed by atoms with Gasteiger partial charge in [-0.3, -0.25) is 14.7 Å². The van der Waals surface area contributed by atoms with E-state index in [0.717, 1.165) is 25.1 Å². The van der Waals surface area contributed by atoms with E-state index < -0.39 is 0 Å². The summed E-state index contributed by atoms with van der Waals surface area (Å²) in [5.74, 6) is 0.261. The SMILES string of the molecule is CCN1N=C(C(=O)N2CCCC(c3ccn[nH]3)C2)CCC1=O. The Morgan fingerprint density at radius 2 is 2.32 bits per heavy atom. The minimum atomic E-state index is -0.0323. The normalized spacial score (nSPS) is 22.7. The van der Waals surface area contributed by atoms with Gasteiger partial charge in [0.15, 0.2) is 0 Å². The van der Waals surface area contributed by atoms with Crippen molar-refractivity contribution in [2.24, 2.45) is 5.10 Å². The lowest BCUT2D eigenvalue weighted by Crippen LogP contribution is -2.45. The number of aromatic amines is 1. The molecule has 7 nitrogen and oxygen atoms in total. The number of amides is 2. The van der Waals surface area contributed by atoms with Gasteiger partial charge in [-0.25, -0.2) is 5.01 Å². The molecule has 3 heterocycles. The van der Waals surface area contributed by atoms with Crippen molar-refractivity contribution in [1.82, 2.24) is 20.1 Å². The van der Waals surface area contributed by atoms with E-state index in [1.54, 1.807) is 6.20 Å². The molecule has 2 aliphatic rings. The fraction of sp³-hybridized carbons (Fsp3) is 0.600. The Hall–Kier alpha value is -2.18. The molecule has 0 aromatic carbocycles. The summed E-state index contributed by atoms with van der Waals surface area (Å²) in [4.78, 5) is 26.2. The predicted octanol–water partition coefficient (Wildman–Crippen LogP) is 1.11. The second-order valence-electron chi connectivity index (χ2n) is 5.76. The Morgan fingerprint density at radius 3 is 3.05 bits per heavy atom. The molecule has 1 saturated heterocycles. The molecule has 0 spiro atoms. The van der Waals surface area contributed by atoms with Crippen molar-refractivity contribution in [3.05, 3.63) is 18.0 Å². The van der Waals surface area contributed by atoms with Gasteiger partial charge in [0.1, 0.15) is 5.71 Å². The van der Waals surface area contributed by atoms with Crippen LogP contribution in [0.15, 0.2) is 17.4 Å². The quantitative estimate of drug-likeness (QED) is 0.908. The predicted molar refractivity (Wildman–Crippen MR) is 81.2 cm³/mol. The molecule has 2 aliphatic heterocycles. The number of nitrogens with one attached hydrogen (secondary N) is 1. The fourth-order valence-corrected chi connectivity index (χ4v) is 3.09. The fourth-order valence-electron chi connectivity index (χ4n) is 3.09. The van der Waals surface area contributed by atoms with E-state index in [0.29, 0.717) is 37.6 Å². The topological polar surface area (TPSA) is 81.7 Å². The molecule has 0 aliphatic carbocycles. The molecule has 1 atom stereocenters. The Bertz CT molecular complexity index is 581. The highest BCUT2D eigenvalue weighted by molar-refractivity contribution is 6.39. The van der Waals surface area contributed by atoms with Gasteiger partial charge in [0.05, 0.1) is 0 Å². The van der Waals surface area contributed by atoms with E-state index in [4.69, 9.17) is 0 Å². The first-order valence-electron chi connectivity index (χ1n) is 7.85. The third-order valence-electron chi connectivity index (χ3n) is 4.32. The summed E-state index contributed by atoms with van der Waals surface area (Å²) in [6.07, 6.45) is 4.58. The molecular formula is C15H21N5O2. The van der Waals surface area contributed by atoms with Gasteiger partial charge in [-0.05, 0) is 25.8 Å². The largest absolute Gasteiger partial charge is 0.337 e. The summed E-state index contributed by atoms with van der Waals surface area (Å²) in [5, 5.41) is 12.6. The number of piperidine rings is 1. The van der Waals surface area contributed by atoms with E-state index in [2.05, 4.69) is 15.3 Å². The van der Waals surface area contributed by atoms with Crippen LogP contribution in [0.4, 0.5) is 0 Å². The average molecular weight is 303 g/mol. The smallest absolute Gasteiger partial charge is 0.270 e. The number of hydrogen-bond donors (Lipinski definition) is 1. The molecule has 0 saturated carbocycles. The zero-order valence-corrected chi connectivity index (χ0v) is 12.8. The summed E-state index contributed by atoms with van der Waals surface area (Å²) in [7, 11) is 0. The molecule has 1 N–H and O–H groups in total. The van der Waals surface area contributed by atoms with Crippen molar-refractivity contribution in [2.45, 2.75) is 38.5 Å². The summed E-state index contributed by atoms with van der Waals surface area (Å²) < 4.78 is 0. The first kappa shape index (κ1) is 14.7. The molecule has 0 bridgehead atoms. The molecule has 2 amide bonds. The van der Waals surface area contributed by atoms with Crippen LogP contribution in [-0.4, -0.2) is 57.3 Å². The molecular weight excluding hydrogens is 282 g/mol. The van der Waals surface area contributed by atoms with Crippen LogP contribution < -0.4 is 0 Å². The second kappa shape index (κ2) is 6.29. The van der Waals surface area contributed by atoms with Crippen LogP contribution in [0.2, 0.25) is 0 Å². The number of hydrazone groups is 1. The first-order valence-corrected chi connectivity index (χ1v) is 7.85. The van der Waals surface area contributed by atoms with Crippen molar-refractivity contribution in [2.75, 3.05) is 19.6 Å². The minimum Gasteiger partial charge on any atom is -0.337 e. The average Bonchev–Trinajstić information content (AvgIpc) is 3.09. The maximum absolute atomic E-state index is 12.7. The molecule has 118 valence electrons. The van der Waals surface area contributed by atoms with Crippen LogP contribution in [0.1, 0.15) is 44.2 Å². The van der Waals surface area contributed by atoms with Gasteiger partial charge < -0.3 is 4.90 Å². The molecule has 1 aromatic heterocycles. The number of carbonyl (C=O) groups is 2. The van der Waals surface area contributed by atoms with Gasteiger partial charge in [-0.1, -0.05) is 0 Å². The van der Waals surface area contributed by atoms with Crippen LogP contribution in [0.5, 0.6) is 0 Å². The number of aromatic nitrogens is 2. The van der Waals surface area contributed by atoms with Gasteiger partial charge >= 0.3 is 0 Å². The third kappa shape index (κ3) is 2.88. The summed E-state index contributed by atoms with van der Waals surface area (Å²) >= 11 is 0. The van der Waals surface area contributed by atoms with Gasteiger partial charge in [-0.15, -0.1) is 0 Å². The second-order valence-corrected chi connectivity index (χ2v) is 5.76. The summed E-state index contributed by atoms with van der Waals surface area (Å²) in [5.41, 5.74) is 1.58. The number of rotatable bonds is 3. The highest BCUT2D eigenvalue weighted by atomic mass is 16.2. The van der Waals surface area contributed by atoms with E-state index >= 15 is 0 Å². The van der Waals surface area contributed by atoms with Gasteiger partial charge in [0.25, 0.3) is 5.91 Å². The summed E-state index contributed by atoms with van der Waals surface area (Å²) in [6.45, 7) is 3.80. The van der Waals surface area contributed by atoms with Crippen LogP contribution in [-0.2, 0) is 9.59 Å². The van der Waals surface area contributed by atoms with Crippen molar-refractivity contribution in [3.8, 4) is 0 Å². The Balaban J connectivity index is 1.70. The van der Waals surface area contributed by atoms with E-state index in [1.807, 2.05) is 17.9 Å². The molecule has 3 rings (SSSR count).